The van der Waals surface area contributed by atoms with Gasteiger partial charge in [0.1, 0.15) is 11.1 Å². The first kappa shape index (κ1) is 11.8. The van der Waals surface area contributed by atoms with Crippen LogP contribution in [0.2, 0.25) is 0 Å². The Morgan fingerprint density at radius 1 is 0.824 bits per heavy atom. The van der Waals surface area contributed by atoms with Gasteiger partial charge < -0.3 is 4.42 Å². The lowest BCUT2D eigenvalue weighted by Crippen LogP contribution is -2.14. The second kappa shape index (κ2) is 3.41. The molecule has 1 heterocycles. The summed E-state index contributed by atoms with van der Waals surface area (Å²) >= 11 is 0. The molecule has 1 aromatic carbocycles. The molecule has 0 saturated carbocycles. The van der Waals surface area contributed by atoms with Gasteiger partial charge in [0.15, 0.2) is 0 Å². The van der Waals surface area contributed by atoms with E-state index in [1.54, 1.807) is 0 Å². The summed E-state index contributed by atoms with van der Waals surface area (Å²) in [5.74, 6) is -2.01. The molecule has 0 radical (unpaired) electrons. The highest BCUT2D eigenvalue weighted by molar-refractivity contribution is 5.83. The molecule has 1 nitrogen and oxygen atoms in total. The summed E-state index contributed by atoms with van der Waals surface area (Å²) in [5, 5.41) is -0.590. The van der Waals surface area contributed by atoms with Crippen molar-refractivity contribution < 1.29 is 30.8 Å². The Morgan fingerprint density at radius 2 is 1.41 bits per heavy atom. The van der Waals surface area contributed by atoms with E-state index in [4.69, 9.17) is 0 Å². The third-order valence-corrected chi connectivity index (χ3v) is 2.14. The van der Waals surface area contributed by atoms with Crippen molar-refractivity contribution in [2.45, 2.75) is 12.4 Å². The van der Waals surface area contributed by atoms with Crippen molar-refractivity contribution >= 4 is 11.0 Å². The van der Waals surface area contributed by atoms with E-state index in [0.717, 1.165) is 12.1 Å². The van der Waals surface area contributed by atoms with Crippen molar-refractivity contribution in [2.24, 2.45) is 0 Å². The van der Waals surface area contributed by atoms with Crippen LogP contribution in [0.25, 0.3) is 11.0 Å². The molecule has 0 aliphatic rings. The first-order valence-corrected chi connectivity index (χ1v) is 4.37. The highest BCUT2D eigenvalue weighted by Crippen LogP contribution is 2.45. The molecular formula is C10H4F6O. The Morgan fingerprint density at radius 3 is 1.94 bits per heavy atom. The van der Waals surface area contributed by atoms with Crippen LogP contribution in [0.4, 0.5) is 26.3 Å². The van der Waals surface area contributed by atoms with Crippen LogP contribution >= 0.6 is 0 Å². The van der Waals surface area contributed by atoms with Gasteiger partial charge in [-0.2, -0.15) is 26.3 Å². The van der Waals surface area contributed by atoms with E-state index in [1.165, 1.54) is 12.1 Å². The molecule has 0 amide bonds. The van der Waals surface area contributed by atoms with Gasteiger partial charge in [-0.05, 0) is 6.07 Å². The largest absolute Gasteiger partial charge is 0.451 e. The zero-order valence-corrected chi connectivity index (χ0v) is 7.99. The highest BCUT2D eigenvalue weighted by Gasteiger charge is 2.48. The maximum atomic E-state index is 12.6. The third kappa shape index (κ3) is 1.96. The summed E-state index contributed by atoms with van der Waals surface area (Å²) < 4.78 is 79.3. The fourth-order valence-electron chi connectivity index (χ4n) is 1.53. The number of fused-ring (bicyclic) bond motifs is 1. The Bertz CT molecular complexity index is 548. The minimum Gasteiger partial charge on any atom is -0.451 e. The lowest BCUT2D eigenvalue weighted by Gasteiger charge is -2.09. The minimum absolute atomic E-state index is 0.438. The lowest BCUT2D eigenvalue weighted by molar-refractivity contribution is -0.171. The number of rotatable bonds is 0. The number of benzene rings is 1. The second-order valence-corrected chi connectivity index (χ2v) is 3.30. The highest BCUT2D eigenvalue weighted by atomic mass is 19.4. The summed E-state index contributed by atoms with van der Waals surface area (Å²) in [6.45, 7) is 0. The van der Waals surface area contributed by atoms with E-state index in [-0.39, 0.29) is 0 Å². The van der Waals surface area contributed by atoms with Crippen LogP contribution < -0.4 is 0 Å². The molecule has 2 aromatic rings. The van der Waals surface area contributed by atoms with Gasteiger partial charge in [-0.1, -0.05) is 18.2 Å². The number of hydrogen-bond donors (Lipinski definition) is 0. The smallest absolute Gasteiger partial charge is 0.450 e. The molecule has 2 rings (SSSR count). The van der Waals surface area contributed by atoms with Crippen LogP contribution in [0.1, 0.15) is 11.3 Å². The summed E-state index contributed by atoms with van der Waals surface area (Å²) in [6.07, 6.45) is -10.3. The molecule has 92 valence electrons. The molecule has 0 unspecified atom stereocenters. The van der Waals surface area contributed by atoms with Crippen molar-refractivity contribution in [1.82, 2.24) is 0 Å². The van der Waals surface area contributed by atoms with Gasteiger partial charge in [-0.15, -0.1) is 0 Å². The minimum atomic E-state index is -5.18. The Labute approximate surface area is 90.6 Å². The van der Waals surface area contributed by atoms with Gasteiger partial charge in [0.2, 0.25) is 5.76 Å². The summed E-state index contributed by atoms with van der Waals surface area (Å²) in [4.78, 5) is 0. The van der Waals surface area contributed by atoms with Gasteiger partial charge in [0, 0.05) is 5.39 Å². The van der Waals surface area contributed by atoms with E-state index in [0.29, 0.717) is 0 Å². The first-order valence-electron chi connectivity index (χ1n) is 4.37. The lowest BCUT2D eigenvalue weighted by atomic mass is 10.1. The summed E-state index contributed by atoms with van der Waals surface area (Å²) in [6, 6.07) is 4.51. The van der Waals surface area contributed by atoms with Gasteiger partial charge in [-0.3, -0.25) is 0 Å². The van der Waals surface area contributed by atoms with E-state index < -0.39 is 34.6 Å². The average molecular weight is 254 g/mol. The van der Waals surface area contributed by atoms with Gasteiger partial charge in [0.25, 0.3) is 0 Å². The van der Waals surface area contributed by atoms with Crippen LogP contribution in [-0.4, -0.2) is 0 Å². The van der Waals surface area contributed by atoms with Crippen LogP contribution in [0.15, 0.2) is 28.7 Å². The van der Waals surface area contributed by atoms with Crippen molar-refractivity contribution in [3.05, 3.63) is 35.6 Å². The standard InChI is InChI=1S/C10H4F6O/c11-9(12,13)7-5-3-1-2-4-6(5)17-8(7)10(14,15)16/h1-4H. The second-order valence-electron chi connectivity index (χ2n) is 3.30. The fraction of sp³-hybridized carbons (Fsp3) is 0.200. The van der Waals surface area contributed by atoms with Crippen LogP contribution in [0, 0.1) is 0 Å². The number of alkyl halides is 6. The Hall–Kier alpha value is -1.66. The monoisotopic (exact) mass is 254 g/mol. The maximum Gasteiger partial charge on any atom is 0.450 e. The van der Waals surface area contributed by atoms with Crippen molar-refractivity contribution in [3.63, 3.8) is 0 Å². The summed E-state index contributed by atoms with van der Waals surface area (Å²) in [5.41, 5.74) is -2.22. The maximum absolute atomic E-state index is 12.6. The number of hydrogen-bond acceptors (Lipinski definition) is 1. The normalized spacial score (nSPS) is 13.3. The van der Waals surface area contributed by atoms with Crippen molar-refractivity contribution in [1.29, 1.82) is 0 Å². The number of halogens is 6. The van der Waals surface area contributed by atoms with E-state index in [9.17, 15) is 26.3 Å². The van der Waals surface area contributed by atoms with Crippen LogP contribution in [0.3, 0.4) is 0 Å². The molecular weight excluding hydrogens is 250 g/mol. The van der Waals surface area contributed by atoms with Crippen LogP contribution in [0.5, 0.6) is 0 Å². The zero-order valence-electron chi connectivity index (χ0n) is 7.99. The molecule has 7 heteroatoms. The van der Waals surface area contributed by atoms with Crippen molar-refractivity contribution in [3.8, 4) is 0 Å². The third-order valence-electron chi connectivity index (χ3n) is 2.14. The molecule has 1 aromatic heterocycles. The molecule has 0 spiro atoms. The quantitative estimate of drug-likeness (QED) is 0.632. The van der Waals surface area contributed by atoms with E-state index in [2.05, 4.69) is 4.42 Å². The topological polar surface area (TPSA) is 13.1 Å². The van der Waals surface area contributed by atoms with Crippen molar-refractivity contribution in [2.75, 3.05) is 0 Å². The molecule has 17 heavy (non-hydrogen) atoms. The predicted molar refractivity (Wildman–Crippen MR) is 46.2 cm³/mol. The van der Waals surface area contributed by atoms with Gasteiger partial charge in [-0.25, -0.2) is 0 Å². The molecule has 0 aliphatic heterocycles. The molecule has 0 saturated heterocycles. The van der Waals surface area contributed by atoms with Gasteiger partial charge in [0.05, 0.1) is 0 Å². The molecule has 0 bridgehead atoms. The average Bonchev–Trinajstić information content (AvgIpc) is 2.54. The first-order chi connectivity index (χ1) is 7.71. The van der Waals surface area contributed by atoms with Gasteiger partial charge >= 0.3 is 12.4 Å². The van der Waals surface area contributed by atoms with E-state index in [1.807, 2.05) is 0 Å². The molecule has 0 atom stereocenters. The predicted octanol–water partition coefficient (Wildman–Crippen LogP) is 4.47. The zero-order chi connectivity index (χ0) is 12.8. The van der Waals surface area contributed by atoms with Crippen LogP contribution in [-0.2, 0) is 12.4 Å². The fourth-order valence-corrected chi connectivity index (χ4v) is 1.53. The van der Waals surface area contributed by atoms with E-state index >= 15 is 0 Å². The SMILES string of the molecule is FC(F)(F)c1oc2ccccc2c1C(F)(F)F. The molecule has 0 fully saturated rings. The number of para-hydroxylation sites is 1. The Balaban J connectivity index is 2.84. The Kier molecular flexibility index (Phi) is 2.37. The summed E-state index contributed by atoms with van der Waals surface area (Å²) in [7, 11) is 0. The molecule has 0 N–H and O–H groups in total. The number of furan rings is 1. The molecule has 0 aliphatic carbocycles.